The molecule has 0 bridgehead atoms. The van der Waals surface area contributed by atoms with E-state index in [1.807, 2.05) is 0 Å². The van der Waals surface area contributed by atoms with E-state index >= 15 is 0 Å². The van der Waals surface area contributed by atoms with Gasteiger partial charge in [0, 0.05) is 0 Å². The van der Waals surface area contributed by atoms with Crippen molar-refractivity contribution >= 4 is 17.4 Å². The molecule has 8 heteroatoms. The summed E-state index contributed by atoms with van der Waals surface area (Å²) in [4.78, 5) is 3.09. The average molecular weight is 230 g/mol. The summed E-state index contributed by atoms with van der Waals surface area (Å²) in [6, 6.07) is 0.227. The Kier molecular flexibility index (Phi) is 2.81. The molecule has 1 aromatic rings. The van der Waals surface area contributed by atoms with Crippen molar-refractivity contribution in [2.75, 3.05) is 5.43 Å². The summed E-state index contributed by atoms with van der Waals surface area (Å²) in [6.07, 6.45) is -4.74. The first-order chi connectivity index (χ1) is 6.36. The summed E-state index contributed by atoms with van der Waals surface area (Å²) < 4.78 is 49.2. The molecule has 0 aliphatic rings. The van der Waals surface area contributed by atoms with Crippen molar-refractivity contribution in [3.63, 3.8) is 0 Å². The van der Waals surface area contributed by atoms with E-state index in [1.165, 1.54) is 0 Å². The largest absolute Gasteiger partial charge is 0.419 e. The average Bonchev–Trinajstić information content (AvgIpc) is 2.06. The van der Waals surface area contributed by atoms with Crippen molar-refractivity contribution in [1.82, 2.24) is 4.98 Å². The molecular formula is C6H4ClF4N3. The number of hydrazine groups is 1. The van der Waals surface area contributed by atoms with E-state index in [1.54, 1.807) is 5.43 Å². The Morgan fingerprint density at radius 1 is 1.43 bits per heavy atom. The number of aromatic nitrogens is 1. The van der Waals surface area contributed by atoms with Gasteiger partial charge in [-0.05, 0) is 6.07 Å². The monoisotopic (exact) mass is 229 g/mol. The van der Waals surface area contributed by atoms with E-state index in [4.69, 9.17) is 17.4 Å². The number of hydrogen-bond donors (Lipinski definition) is 2. The van der Waals surface area contributed by atoms with Gasteiger partial charge in [-0.15, -0.1) is 0 Å². The Labute approximate surface area is 80.8 Å². The van der Waals surface area contributed by atoms with Crippen molar-refractivity contribution in [3.05, 3.63) is 22.6 Å². The van der Waals surface area contributed by atoms with Crippen LogP contribution in [0.2, 0.25) is 5.15 Å². The van der Waals surface area contributed by atoms with Gasteiger partial charge in [-0.2, -0.15) is 13.2 Å². The molecule has 0 fully saturated rings. The molecule has 3 N–H and O–H groups in total. The minimum absolute atomic E-state index is 0.227. The summed E-state index contributed by atoms with van der Waals surface area (Å²) in [5.41, 5.74) is 0.439. The lowest BCUT2D eigenvalue weighted by atomic mass is 10.2. The van der Waals surface area contributed by atoms with Crippen molar-refractivity contribution in [3.8, 4) is 0 Å². The van der Waals surface area contributed by atoms with Crippen LogP contribution in [0.3, 0.4) is 0 Å². The molecule has 0 aliphatic heterocycles. The lowest BCUT2D eigenvalue weighted by Crippen LogP contribution is -2.14. The predicted octanol–water partition coefficient (Wildman–Crippen LogP) is 2.18. The van der Waals surface area contributed by atoms with Gasteiger partial charge in [0.15, 0.2) is 11.6 Å². The van der Waals surface area contributed by atoms with Gasteiger partial charge in [0.25, 0.3) is 0 Å². The highest BCUT2D eigenvalue weighted by molar-refractivity contribution is 6.30. The fraction of sp³-hybridized carbons (Fsp3) is 0.167. The van der Waals surface area contributed by atoms with E-state index in [0.717, 1.165) is 0 Å². The topological polar surface area (TPSA) is 50.9 Å². The number of nitrogens with zero attached hydrogens (tertiary/aromatic N) is 1. The van der Waals surface area contributed by atoms with Crippen LogP contribution in [0.5, 0.6) is 0 Å². The first kappa shape index (κ1) is 11.0. The van der Waals surface area contributed by atoms with Gasteiger partial charge in [-0.1, -0.05) is 11.6 Å². The maximum Gasteiger partial charge on any atom is 0.419 e. The van der Waals surface area contributed by atoms with Crippen LogP contribution < -0.4 is 11.3 Å². The Morgan fingerprint density at radius 3 is 2.43 bits per heavy atom. The predicted molar refractivity (Wildman–Crippen MR) is 42.0 cm³/mol. The highest BCUT2D eigenvalue weighted by Gasteiger charge is 2.35. The van der Waals surface area contributed by atoms with E-state index in [2.05, 4.69) is 4.98 Å². The van der Waals surface area contributed by atoms with Crippen LogP contribution in [0, 0.1) is 5.82 Å². The SMILES string of the molecule is NNc1nc(Cl)c(C(F)(F)F)cc1F. The summed E-state index contributed by atoms with van der Waals surface area (Å²) in [5.74, 6) is 3.03. The summed E-state index contributed by atoms with van der Waals surface area (Å²) in [6.45, 7) is 0. The first-order valence-corrected chi connectivity index (χ1v) is 3.64. The molecule has 78 valence electrons. The number of nitrogens with two attached hydrogens (primary N) is 1. The molecular weight excluding hydrogens is 226 g/mol. The number of halogens is 5. The molecule has 0 unspecified atom stereocenters. The molecule has 0 spiro atoms. The highest BCUT2D eigenvalue weighted by Crippen LogP contribution is 2.35. The van der Waals surface area contributed by atoms with Crippen LogP contribution in [0.25, 0.3) is 0 Å². The second kappa shape index (κ2) is 3.58. The molecule has 0 saturated heterocycles. The van der Waals surface area contributed by atoms with E-state index in [9.17, 15) is 17.6 Å². The van der Waals surface area contributed by atoms with Crippen molar-refractivity contribution in [2.45, 2.75) is 6.18 Å². The number of nitrogens with one attached hydrogen (secondary N) is 1. The van der Waals surface area contributed by atoms with Crippen LogP contribution in [-0.2, 0) is 6.18 Å². The third kappa shape index (κ3) is 2.05. The minimum atomic E-state index is -4.74. The number of alkyl halides is 3. The fourth-order valence-corrected chi connectivity index (χ4v) is 1.01. The molecule has 3 nitrogen and oxygen atoms in total. The van der Waals surface area contributed by atoms with Crippen molar-refractivity contribution < 1.29 is 17.6 Å². The smallest absolute Gasteiger partial charge is 0.306 e. The molecule has 0 radical (unpaired) electrons. The van der Waals surface area contributed by atoms with Crippen molar-refractivity contribution in [2.24, 2.45) is 5.84 Å². The molecule has 1 heterocycles. The maximum absolute atomic E-state index is 12.8. The lowest BCUT2D eigenvalue weighted by molar-refractivity contribution is -0.137. The molecule has 0 aromatic carbocycles. The van der Waals surface area contributed by atoms with Gasteiger partial charge in [-0.3, -0.25) is 0 Å². The Balaban J connectivity index is 3.29. The molecule has 0 saturated carbocycles. The molecule has 1 rings (SSSR count). The Bertz CT molecular complexity index is 352. The number of pyridine rings is 1. The van der Waals surface area contributed by atoms with Crippen LogP contribution in [0.15, 0.2) is 6.07 Å². The zero-order valence-electron chi connectivity index (χ0n) is 6.49. The van der Waals surface area contributed by atoms with Gasteiger partial charge >= 0.3 is 6.18 Å². The highest BCUT2D eigenvalue weighted by atomic mass is 35.5. The Morgan fingerprint density at radius 2 is 2.00 bits per heavy atom. The zero-order chi connectivity index (χ0) is 10.9. The molecule has 14 heavy (non-hydrogen) atoms. The molecule has 0 atom stereocenters. The number of rotatable bonds is 1. The van der Waals surface area contributed by atoms with Gasteiger partial charge in [0.1, 0.15) is 5.15 Å². The summed E-state index contributed by atoms with van der Waals surface area (Å²) in [7, 11) is 0. The normalized spacial score (nSPS) is 11.6. The molecule has 0 amide bonds. The fourth-order valence-electron chi connectivity index (χ4n) is 0.766. The third-order valence-corrected chi connectivity index (χ3v) is 1.66. The van der Waals surface area contributed by atoms with E-state index in [0.29, 0.717) is 0 Å². The number of hydrogen-bond acceptors (Lipinski definition) is 3. The lowest BCUT2D eigenvalue weighted by Gasteiger charge is -2.09. The van der Waals surface area contributed by atoms with Crippen molar-refractivity contribution in [1.29, 1.82) is 0 Å². The Hall–Kier alpha value is -1.08. The second-order valence-corrected chi connectivity index (χ2v) is 2.66. The van der Waals surface area contributed by atoms with Gasteiger partial charge in [-0.25, -0.2) is 15.2 Å². The number of nitrogen functional groups attached to an aromatic ring is 1. The number of anilines is 1. The maximum atomic E-state index is 12.8. The van der Waals surface area contributed by atoms with Crippen LogP contribution >= 0.6 is 11.6 Å². The van der Waals surface area contributed by atoms with Gasteiger partial charge < -0.3 is 5.43 Å². The third-order valence-electron chi connectivity index (χ3n) is 1.37. The quantitative estimate of drug-likeness (QED) is 0.336. The summed E-state index contributed by atoms with van der Waals surface area (Å²) >= 11 is 5.17. The standard InChI is InChI=1S/C6H4ClF4N3/c7-4-2(6(9,10)11)1-3(8)5(13-4)14-12/h1H,12H2,(H,13,14). The van der Waals surface area contributed by atoms with Gasteiger partial charge in [0.2, 0.25) is 0 Å². The second-order valence-electron chi connectivity index (χ2n) is 2.30. The zero-order valence-corrected chi connectivity index (χ0v) is 7.25. The molecule has 1 aromatic heterocycles. The molecule has 0 aliphatic carbocycles. The van der Waals surface area contributed by atoms with Crippen LogP contribution in [0.4, 0.5) is 23.4 Å². The summed E-state index contributed by atoms with van der Waals surface area (Å²) in [5, 5.41) is -0.855. The van der Waals surface area contributed by atoms with E-state index < -0.39 is 28.5 Å². The van der Waals surface area contributed by atoms with Crippen LogP contribution in [0.1, 0.15) is 5.56 Å². The minimum Gasteiger partial charge on any atom is -0.306 e. The van der Waals surface area contributed by atoms with Crippen LogP contribution in [-0.4, -0.2) is 4.98 Å². The van der Waals surface area contributed by atoms with Gasteiger partial charge in [0.05, 0.1) is 5.56 Å². The van der Waals surface area contributed by atoms with E-state index in [-0.39, 0.29) is 6.07 Å². The first-order valence-electron chi connectivity index (χ1n) is 3.26.